The molecule has 0 heterocycles. The maximum Gasteiger partial charge on any atom is 0.233 e. The number of carbonyl (C=O) groups is 2. The summed E-state index contributed by atoms with van der Waals surface area (Å²) >= 11 is 0. The molecule has 0 unspecified atom stereocenters. The summed E-state index contributed by atoms with van der Waals surface area (Å²) in [5.41, 5.74) is 4.78. The molecule has 0 aromatic heterocycles. The fourth-order valence-corrected chi connectivity index (χ4v) is 2.66. The van der Waals surface area contributed by atoms with Crippen molar-refractivity contribution in [2.24, 2.45) is 0 Å². The van der Waals surface area contributed by atoms with Gasteiger partial charge in [0, 0.05) is 11.4 Å². The Morgan fingerprint density at radius 1 is 0.875 bits per heavy atom. The van der Waals surface area contributed by atoms with E-state index in [-0.39, 0.29) is 18.2 Å². The van der Waals surface area contributed by atoms with E-state index < -0.39 is 0 Å². The van der Waals surface area contributed by atoms with Crippen LogP contribution in [0.25, 0.3) is 0 Å². The largest absolute Gasteiger partial charge is 0.326 e. The maximum atomic E-state index is 12.2. The molecule has 2 rings (SSSR count). The number of hydrogen-bond donors (Lipinski definition) is 2. The van der Waals surface area contributed by atoms with Crippen molar-refractivity contribution in [2.45, 2.75) is 40.0 Å². The second-order valence-corrected chi connectivity index (χ2v) is 5.80. The monoisotopic (exact) mass is 324 g/mol. The topological polar surface area (TPSA) is 58.2 Å². The van der Waals surface area contributed by atoms with Crippen molar-refractivity contribution in [3.63, 3.8) is 0 Å². The number of amides is 2. The molecule has 2 aromatic rings. The van der Waals surface area contributed by atoms with E-state index in [1.165, 1.54) is 0 Å². The SMILES string of the molecule is CCc1cccc(CC)c1NC(=O)CC(=O)Nc1cccc(C)c1. The first-order valence-electron chi connectivity index (χ1n) is 8.30. The highest BCUT2D eigenvalue weighted by Crippen LogP contribution is 2.22. The number of aryl methyl sites for hydroxylation is 3. The Hall–Kier alpha value is -2.62. The highest BCUT2D eigenvalue weighted by Gasteiger charge is 2.13. The van der Waals surface area contributed by atoms with Crippen molar-refractivity contribution in [1.29, 1.82) is 0 Å². The van der Waals surface area contributed by atoms with Crippen LogP contribution in [0.2, 0.25) is 0 Å². The standard InChI is InChI=1S/C20H24N2O2/c1-4-15-9-7-10-16(5-2)20(15)22-19(24)13-18(23)21-17-11-6-8-14(3)12-17/h6-12H,4-5,13H2,1-3H3,(H,21,23)(H,22,24). The minimum absolute atomic E-state index is 0.199. The Labute approximate surface area is 143 Å². The van der Waals surface area contributed by atoms with E-state index in [1.54, 1.807) is 0 Å². The van der Waals surface area contributed by atoms with Crippen LogP contribution in [0.15, 0.2) is 42.5 Å². The molecule has 4 heteroatoms. The van der Waals surface area contributed by atoms with Crippen molar-refractivity contribution in [3.05, 3.63) is 59.2 Å². The number of rotatable bonds is 6. The second kappa shape index (κ2) is 8.29. The quantitative estimate of drug-likeness (QED) is 0.786. The molecule has 0 saturated carbocycles. The molecule has 2 aromatic carbocycles. The molecule has 0 saturated heterocycles. The number of nitrogens with one attached hydrogen (secondary N) is 2. The lowest BCUT2D eigenvalue weighted by Crippen LogP contribution is -2.22. The summed E-state index contributed by atoms with van der Waals surface area (Å²) < 4.78 is 0. The summed E-state index contributed by atoms with van der Waals surface area (Å²) in [5, 5.41) is 5.67. The van der Waals surface area contributed by atoms with E-state index in [0.717, 1.165) is 35.2 Å². The van der Waals surface area contributed by atoms with Crippen LogP contribution < -0.4 is 10.6 Å². The van der Waals surface area contributed by atoms with E-state index in [4.69, 9.17) is 0 Å². The zero-order valence-electron chi connectivity index (χ0n) is 14.5. The highest BCUT2D eigenvalue weighted by atomic mass is 16.2. The predicted octanol–water partition coefficient (Wildman–Crippen LogP) is 4.09. The van der Waals surface area contributed by atoms with Gasteiger partial charge in [-0.15, -0.1) is 0 Å². The molecule has 126 valence electrons. The van der Waals surface area contributed by atoms with Gasteiger partial charge in [0.2, 0.25) is 11.8 Å². The zero-order valence-corrected chi connectivity index (χ0v) is 14.5. The molecule has 24 heavy (non-hydrogen) atoms. The van der Waals surface area contributed by atoms with Gasteiger partial charge in [-0.3, -0.25) is 9.59 Å². The molecule has 2 amide bonds. The minimum atomic E-state index is -0.315. The predicted molar refractivity (Wildman–Crippen MR) is 98.3 cm³/mol. The van der Waals surface area contributed by atoms with Gasteiger partial charge < -0.3 is 10.6 Å². The number of carbonyl (C=O) groups excluding carboxylic acids is 2. The fourth-order valence-electron chi connectivity index (χ4n) is 2.66. The van der Waals surface area contributed by atoms with Crippen molar-refractivity contribution in [3.8, 4) is 0 Å². The first-order chi connectivity index (χ1) is 11.5. The van der Waals surface area contributed by atoms with Gasteiger partial charge in [-0.05, 0) is 48.6 Å². The van der Waals surface area contributed by atoms with Crippen LogP contribution in [-0.2, 0) is 22.4 Å². The lowest BCUT2D eigenvalue weighted by Gasteiger charge is -2.14. The fraction of sp³-hybridized carbons (Fsp3) is 0.300. The van der Waals surface area contributed by atoms with Gasteiger partial charge in [0.1, 0.15) is 6.42 Å². The van der Waals surface area contributed by atoms with Crippen LogP contribution in [0.3, 0.4) is 0 Å². The van der Waals surface area contributed by atoms with Crippen LogP contribution in [0.4, 0.5) is 11.4 Å². The average Bonchev–Trinajstić information content (AvgIpc) is 2.54. The normalized spacial score (nSPS) is 10.3. The van der Waals surface area contributed by atoms with E-state index in [0.29, 0.717) is 5.69 Å². The molecular formula is C20H24N2O2. The van der Waals surface area contributed by atoms with Crippen molar-refractivity contribution in [2.75, 3.05) is 10.6 Å². The van der Waals surface area contributed by atoms with Crippen molar-refractivity contribution >= 4 is 23.2 Å². The van der Waals surface area contributed by atoms with Crippen LogP contribution in [0.5, 0.6) is 0 Å². The molecule has 0 aliphatic carbocycles. The third-order valence-electron chi connectivity index (χ3n) is 3.89. The molecule has 0 atom stereocenters. The number of hydrogen-bond acceptors (Lipinski definition) is 2. The average molecular weight is 324 g/mol. The van der Waals surface area contributed by atoms with Gasteiger partial charge in [-0.25, -0.2) is 0 Å². The van der Waals surface area contributed by atoms with E-state index in [2.05, 4.69) is 24.5 Å². The number of anilines is 2. The summed E-state index contributed by atoms with van der Waals surface area (Å²) in [5.74, 6) is -0.610. The first kappa shape index (κ1) is 17.7. The van der Waals surface area contributed by atoms with E-state index >= 15 is 0 Å². The van der Waals surface area contributed by atoms with E-state index in [1.807, 2.05) is 49.4 Å². The van der Waals surface area contributed by atoms with Gasteiger partial charge in [0.25, 0.3) is 0 Å². The van der Waals surface area contributed by atoms with Crippen LogP contribution >= 0.6 is 0 Å². The van der Waals surface area contributed by atoms with Crippen molar-refractivity contribution < 1.29 is 9.59 Å². The molecular weight excluding hydrogens is 300 g/mol. The molecule has 0 fully saturated rings. The van der Waals surface area contributed by atoms with Gasteiger partial charge >= 0.3 is 0 Å². The van der Waals surface area contributed by atoms with Gasteiger partial charge in [0.15, 0.2) is 0 Å². The zero-order chi connectivity index (χ0) is 17.5. The summed E-state index contributed by atoms with van der Waals surface area (Å²) in [4.78, 5) is 24.3. The molecule has 0 aliphatic heterocycles. The second-order valence-electron chi connectivity index (χ2n) is 5.80. The Kier molecular flexibility index (Phi) is 6.13. The smallest absolute Gasteiger partial charge is 0.233 e. The van der Waals surface area contributed by atoms with Gasteiger partial charge in [0.05, 0.1) is 0 Å². The Balaban J connectivity index is 2.02. The number of para-hydroxylation sites is 1. The third-order valence-corrected chi connectivity index (χ3v) is 3.89. The lowest BCUT2D eigenvalue weighted by molar-refractivity contribution is -0.123. The third kappa shape index (κ3) is 4.69. The number of benzene rings is 2. The Bertz CT molecular complexity index is 716. The Morgan fingerprint density at radius 3 is 2.04 bits per heavy atom. The summed E-state index contributed by atoms with van der Waals surface area (Å²) in [7, 11) is 0. The summed E-state index contributed by atoms with van der Waals surface area (Å²) in [6.07, 6.45) is 1.47. The molecule has 4 nitrogen and oxygen atoms in total. The summed E-state index contributed by atoms with van der Waals surface area (Å²) in [6, 6.07) is 13.5. The minimum Gasteiger partial charge on any atom is -0.326 e. The van der Waals surface area contributed by atoms with Crippen molar-refractivity contribution in [1.82, 2.24) is 0 Å². The summed E-state index contributed by atoms with van der Waals surface area (Å²) in [6.45, 7) is 6.06. The molecule has 2 N–H and O–H groups in total. The van der Waals surface area contributed by atoms with Gasteiger partial charge in [-0.1, -0.05) is 44.2 Å². The highest BCUT2D eigenvalue weighted by molar-refractivity contribution is 6.08. The molecule has 0 aliphatic rings. The Morgan fingerprint density at radius 2 is 1.46 bits per heavy atom. The maximum absolute atomic E-state index is 12.2. The molecule has 0 bridgehead atoms. The van der Waals surface area contributed by atoms with Gasteiger partial charge in [-0.2, -0.15) is 0 Å². The lowest BCUT2D eigenvalue weighted by atomic mass is 10.0. The van der Waals surface area contributed by atoms with Crippen LogP contribution in [-0.4, -0.2) is 11.8 Å². The van der Waals surface area contributed by atoms with Crippen LogP contribution in [0.1, 0.15) is 37.0 Å². The van der Waals surface area contributed by atoms with E-state index in [9.17, 15) is 9.59 Å². The first-order valence-corrected chi connectivity index (χ1v) is 8.30. The molecule has 0 radical (unpaired) electrons. The van der Waals surface area contributed by atoms with Crippen LogP contribution in [0, 0.1) is 6.92 Å². The molecule has 0 spiro atoms.